The van der Waals surface area contributed by atoms with Gasteiger partial charge in [-0.3, -0.25) is 9.89 Å². The number of likely N-dealkylation sites (N-methyl/N-ethyl adjacent to an activating group) is 1. The molecule has 0 aromatic heterocycles. The van der Waals surface area contributed by atoms with Crippen LogP contribution in [0.25, 0.3) is 0 Å². The minimum Gasteiger partial charge on any atom is -0.379 e. The van der Waals surface area contributed by atoms with E-state index in [1.54, 1.807) is 7.05 Å². The third kappa shape index (κ3) is 7.32. The van der Waals surface area contributed by atoms with Crippen molar-refractivity contribution in [2.75, 3.05) is 40.5 Å². The molecule has 3 unspecified atom stereocenters. The molecule has 0 aliphatic carbocycles. The summed E-state index contributed by atoms with van der Waals surface area (Å²) >= 11 is 0. The smallest absolute Gasteiger partial charge is 0.191 e. The average Bonchev–Trinajstić information content (AvgIpc) is 3.17. The topological polar surface area (TPSA) is 58.1 Å². The van der Waals surface area contributed by atoms with Crippen LogP contribution in [0.3, 0.4) is 0 Å². The van der Waals surface area contributed by atoms with E-state index in [0.717, 1.165) is 32.1 Å². The number of nitrogens with zero attached hydrogens (tertiary/aromatic N) is 2. The number of ether oxygens (including phenoxy) is 2. The Balaban J connectivity index is 1.67. The molecule has 0 radical (unpaired) electrons. The van der Waals surface area contributed by atoms with E-state index < -0.39 is 0 Å². The van der Waals surface area contributed by atoms with Gasteiger partial charge in [0.2, 0.25) is 0 Å². The first-order chi connectivity index (χ1) is 12.6. The molecule has 3 atom stereocenters. The predicted molar refractivity (Wildman–Crippen MR) is 107 cm³/mol. The van der Waals surface area contributed by atoms with Crippen LogP contribution in [0, 0.1) is 0 Å². The van der Waals surface area contributed by atoms with Crippen molar-refractivity contribution >= 4 is 5.96 Å². The van der Waals surface area contributed by atoms with Crippen molar-refractivity contribution in [3.8, 4) is 0 Å². The lowest BCUT2D eigenvalue weighted by Crippen LogP contribution is -2.48. The first-order valence-corrected chi connectivity index (χ1v) is 9.49. The van der Waals surface area contributed by atoms with Crippen LogP contribution >= 0.6 is 0 Å². The second-order valence-electron chi connectivity index (χ2n) is 7.07. The van der Waals surface area contributed by atoms with Crippen molar-refractivity contribution < 1.29 is 9.47 Å². The number of rotatable bonds is 9. The van der Waals surface area contributed by atoms with Gasteiger partial charge in [-0.25, -0.2) is 0 Å². The van der Waals surface area contributed by atoms with Gasteiger partial charge < -0.3 is 20.1 Å². The molecule has 1 aromatic rings. The Morgan fingerprint density at radius 2 is 2.12 bits per heavy atom. The molecule has 6 nitrogen and oxygen atoms in total. The maximum absolute atomic E-state index is 5.86. The van der Waals surface area contributed by atoms with Gasteiger partial charge >= 0.3 is 0 Å². The highest BCUT2D eigenvalue weighted by Gasteiger charge is 2.17. The van der Waals surface area contributed by atoms with Gasteiger partial charge in [0.05, 0.1) is 19.3 Å². The summed E-state index contributed by atoms with van der Waals surface area (Å²) in [5.74, 6) is 0.809. The van der Waals surface area contributed by atoms with Gasteiger partial charge in [0.15, 0.2) is 5.96 Å². The van der Waals surface area contributed by atoms with E-state index in [9.17, 15) is 0 Å². The largest absolute Gasteiger partial charge is 0.379 e. The molecule has 1 aliphatic rings. The Kier molecular flexibility index (Phi) is 8.88. The summed E-state index contributed by atoms with van der Waals surface area (Å²) in [6.45, 7) is 8.26. The molecular formula is C20H34N4O2. The van der Waals surface area contributed by atoms with E-state index in [1.165, 1.54) is 5.56 Å². The Morgan fingerprint density at radius 3 is 2.77 bits per heavy atom. The molecule has 0 amide bonds. The third-order valence-corrected chi connectivity index (χ3v) is 4.67. The molecule has 26 heavy (non-hydrogen) atoms. The van der Waals surface area contributed by atoms with E-state index in [-0.39, 0.29) is 12.1 Å². The molecule has 1 saturated heterocycles. The van der Waals surface area contributed by atoms with Gasteiger partial charge in [0, 0.05) is 38.8 Å². The summed E-state index contributed by atoms with van der Waals surface area (Å²) in [6, 6.07) is 11.1. The molecular weight excluding hydrogens is 328 g/mol. The van der Waals surface area contributed by atoms with E-state index in [0.29, 0.717) is 19.3 Å². The molecule has 1 heterocycles. The van der Waals surface area contributed by atoms with Crippen molar-refractivity contribution in [2.45, 2.75) is 45.0 Å². The van der Waals surface area contributed by atoms with Crippen molar-refractivity contribution in [1.29, 1.82) is 0 Å². The van der Waals surface area contributed by atoms with Crippen LogP contribution in [0.15, 0.2) is 35.3 Å². The third-order valence-electron chi connectivity index (χ3n) is 4.67. The molecule has 0 saturated carbocycles. The van der Waals surface area contributed by atoms with Gasteiger partial charge in [0.1, 0.15) is 0 Å². The van der Waals surface area contributed by atoms with Crippen molar-refractivity contribution in [3.05, 3.63) is 35.9 Å². The predicted octanol–water partition coefficient (Wildman–Crippen LogP) is 1.87. The van der Waals surface area contributed by atoms with Crippen LogP contribution in [-0.2, 0) is 16.0 Å². The second kappa shape index (κ2) is 11.2. The quantitative estimate of drug-likeness (QED) is 0.519. The van der Waals surface area contributed by atoms with Crippen molar-refractivity contribution in [3.63, 3.8) is 0 Å². The minimum atomic E-state index is 0.194. The number of aliphatic imine (C=N–C) groups is 1. The standard InChI is InChI=1S/C20H34N4O2/c1-16(14-26-19-10-11-25-15-19)23-20(21-3)22-12-17(2)24(4)13-18-8-6-5-7-9-18/h5-9,16-17,19H,10-15H2,1-4H3,(H2,21,22,23). The Morgan fingerprint density at radius 1 is 1.35 bits per heavy atom. The SMILES string of the molecule is CN=C(NCC(C)N(C)Cc1ccccc1)NC(C)COC1CCOC1. The van der Waals surface area contributed by atoms with Crippen molar-refractivity contribution in [2.24, 2.45) is 4.99 Å². The molecule has 2 N–H and O–H groups in total. The number of nitrogens with one attached hydrogen (secondary N) is 2. The van der Waals surface area contributed by atoms with Gasteiger partial charge in [-0.1, -0.05) is 30.3 Å². The summed E-state index contributed by atoms with van der Waals surface area (Å²) in [7, 11) is 3.95. The summed E-state index contributed by atoms with van der Waals surface area (Å²) < 4.78 is 11.2. The zero-order valence-corrected chi connectivity index (χ0v) is 16.6. The molecule has 1 aromatic carbocycles. The van der Waals surface area contributed by atoms with E-state index in [2.05, 4.69) is 71.8 Å². The number of benzene rings is 1. The highest BCUT2D eigenvalue weighted by Crippen LogP contribution is 2.08. The van der Waals surface area contributed by atoms with Gasteiger partial charge in [-0.15, -0.1) is 0 Å². The Bertz CT molecular complexity index is 532. The van der Waals surface area contributed by atoms with E-state index >= 15 is 0 Å². The van der Waals surface area contributed by atoms with Crippen LogP contribution in [0.1, 0.15) is 25.8 Å². The Labute approximate surface area is 158 Å². The Hall–Kier alpha value is -1.63. The van der Waals surface area contributed by atoms with Crippen LogP contribution in [0.2, 0.25) is 0 Å². The van der Waals surface area contributed by atoms with Crippen LogP contribution < -0.4 is 10.6 Å². The highest BCUT2D eigenvalue weighted by molar-refractivity contribution is 5.79. The monoisotopic (exact) mass is 362 g/mol. The minimum absolute atomic E-state index is 0.194. The van der Waals surface area contributed by atoms with Crippen LogP contribution in [-0.4, -0.2) is 69.5 Å². The molecule has 6 heteroatoms. The van der Waals surface area contributed by atoms with Gasteiger partial charge in [-0.2, -0.15) is 0 Å². The van der Waals surface area contributed by atoms with E-state index in [1.807, 2.05) is 0 Å². The first kappa shape index (κ1) is 20.7. The molecule has 1 fully saturated rings. The zero-order valence-electron chi connectivity index (χ0n) is 16.6. The lowest BCUT2D eigenvalue weighted by atomic mass is 10.2. The number of hydrogen-bond donors (Lipinski definition) is 2. The fraction of sp³-hybridized carbons (Fsp3) is 0.650. The lowest BCUT2D eigenvalue weighted by Gasteiger charge is -2.26. The second-order valence-corrected chi connectivity index (χ2v) is 7.07. The first-order valence-electron chi connectivity index (χ1n) is 9.49. The summed E-state index contributed by atoms with van der Waals surface area (Å²) in [5, 5.41) is 6.80. The molecule has 2 rings (SSSR count). The lowest BCUT2D eigenvalue weighted by molar-refractivity contribution is 0.0347. The highest BCUT2D eigenvalue weighted by atomic mass is 16.5. The van der Waals surface area contributed by atoms with E-state index in [4.69, 9.17) is 9.47 Å². The van der Waals surface area contributed by atoms with Crippen molar-refractivity contribution in [1.82, 2.24) is 15.5 Å². The van der Waals surface area contributed by atoms with Gasteiger partial charge in [-0.05, 0) is 32.9 Å². The summed E-state index contributed by atoms with van der Waals surface area (Å²) in [5.41, 5.74) is 1.33. The molecule has 1 aliphatic heterocycles. The van der Waals surface area contributed by atoms with Gasteiger partial charge in [0.25, 0.3) is 0 Å². The molecule has 146 valence electrons. The fourth-order valence-corrected chi connectivity index (χ4v) is 2.82. The molecule has 0 spiro atoms. The number of guanidine groups is 1. The fourth-order valence-electron chi connectivity index (χ4n) is 2.82. The number of hydrogen-bond acceptors (Lipinski definition) is 4. The van der Waals surface area contributed by atoms with Crippen LogP contribution in [0.5, 0.6) is 0 Å². The maximum atomic E-state index is 5.86. The zero-order chi connectivity index (χ0) is 18.8. The maximum Gasteiger partial charge on any atom is 0.191 e. The average molecular weight is 363 g/mol. The summed E-state index contributed by atoms with van der Waals surface area (Å²) in [6.07, 6.45) is 1.23. The normalized spacial score (nSPS) is 20.2. The van der Waals surface area contributed by atoms with Crippen LogP contribution in [0.4, 0.5) is 0 Å². The molecule has 0 bridgehead atoms. The summed E-state index contributed by atoms with van der Waals surface area (Å²) in [4.78, 5) is 6.65.